The molecule has 0 unspecified atom stereocenters. The predicted molar refractivity (Wildman–Crippen MR) is 96.8 cm³/mol. The maximum Gasteiger partial charge on any atom is 0.331 e. The Labute approximate surface area is 156 Å². The first-order chi connectivity index (χ1) is 13.0. The smallest absolute Gasteiger partial charge is 0.331 e. The molecule has 6 nitrogen and oxygen atoms in total. The number of rotatable bonds is 8. The number of esters is 1. The minimum atomic E-state index is -0.725. The molecule has 0 aliphatic heterocycles. The normalized spacial score (nSPS) is 10.5. The highest BCUT2D eigenvalue weighted by Crippen LogP contribution is 2.35. The molecule has 0 atom stereocenters. The molecule has 0 bridgehead atoms. The molecule has 0 saturated heterocycles. The van der Waals surface area contributed by atoms with Crippen LogP contribution in [0.4, 0.5) is 4.39 Å². The molecule has 27 heavy (non-hydrogen) atoms. The van der Waals surface area contributed by atoms with E-state index in [1.807, 2.05) is 0 Å². The summed E-state index contributed by atoms with van der Waals surface area (Å²) in [6.45, 7) is -0.490. The Morgan fingerprint density at radius 1 is 0.963 bits per heavy atom. The van der Waals surface area contributed by atoms with Crippen molar-refractivity contribution < 1.29 is 32.9 Å². The lowest BCUT2D eigenvalue weighted by Crippen LogP contribution is -2.12. The maximum atomic E-state index is 13.1. The lowest BCUT2D eigenvalue weighted by Gasteiger charge is -2.12. The van der Waals surface area contributed by atoms with Gasteiger partial charge in [0.25, 0.3) is 0 Å². The molecule has 0 aliphatic rings. The summed E-state index contributed by atoms with van der Waals surface area (Å²) in [7, 11) is 4.47. The molecule has 2 aromatic carbocycles. The number of ether oxygens (including phenoxy) is 4. The summed E-state index contributed by atoms with van der Waals surface area (Å²) in [5, 5.41) is 0. The Bertz CT molecular complexity index is 860. The van der Waals surface area contributed by atoms with Gasteiger partial charge in [0.1, 0.15) is 11.6 Å². The van der Waals surface area contributed by atoms with E-state index >= 15 is 0 Å². The van der Waals surface area contributed by atoms with E-state index in [2.05, 4.69) is 0 Å². The van der Waals surface area contributed by atoms with Gasteiger partial charge in [0.15, 0.2) is 23.9 Å². The minimum absolute atomic E-state index is 0.133. The zero-order chi connectivity index (χ0) is 19.8. The SMILES string of the molecule is COc1cc(OC)c(OC)cc1/C=C/C(=O)OCC(=O)c1cccc(F)c1. The third-order valence-electron chi connectivity index (χ3n) is 3.63. The standard InChI is InChI=1S/C20H19FO6/c1-24-17-11-19(26-3)18(25-2)10-14(17)7-8-20(23)27-12-16(22)13-5-4-6-15(21)9-13/h4-11H,12H2,1-3H3/b8-7+. The van der Waals surface area contributed by atoms with Crippen LogP contribution in [-0.4, -0.2) is 39.7 Å². The molecular weight excluding hydrogens is 355 g/mol. The number of hydrogen-bond acceptors (Lipinski definition) is 6. The molecule has 0 aromatic heterocycles. The Morgan fingerprint density at radius 3 is 2.26 bits per heavy atom. The van der Waals surface area contributed by atoms with Crippen molar-refractivity contribution in [2.24, 2.45) is 0 Å². The molecular formula is C20H19FO6. The average Bonchev–Trinajstić information content (AvgIpc) is 2.69. The summed E-state index contributed by atoms with van der Waals surface area (Å²) in [4.78, 5) is 23.8. The van der Waals surface area contributed by atoms with Gasteiger partial charge in [-0.25, -0.2) is 9.18 Å². The largest absolute Gasteiger partial charge is 0.496 e. The van der Waals surface area contributed by atoms with Crippen LogP contribution in [-0.2, 0) is 9.53 Å². The van der Waals surface area contributed by atoms with Crippen molar-refractivity contribution in [3.63, 3.8) is 0 Å². The summed E-state index contributed by atoms with van der Waals surface area (Å²) < 4.78 is 33.7. The Kier molecular flexibility index (Phi) is 6.93. The van der Waals surface area contributed by atoms with E-state index in [-0.39, 0.29) is 5.56 Å². The fourth-order valence-corrected chi connectivity index (χ4v) is 2.27. The first-order valence-electron chi connectivity index (χ1n) is 7.92. The Balaban J connectivity index is 2.05. The second-order valence-electron chi connectivity index (χ2n) is 5.32. The first-order valence-corrected chi connectivity index (χ1v) is 7.92. The molecule has 0 amide bonds. The topological polar surface area (TPSA) is 71.1 Å². The summed E-state index contributed by atoms with van der Waals surface area (Å²) in [6, 6.07) is 8.43. The zero-order valence-electron chi connectivity index (χ0n) is 15.2. The quantitative estimate of drug-likeness (QED) is 0.401. The van der Waals surface area contributed by atoms with E-state index in [1.165, 1.54) is 45.6 Å². The monoisotopic (exact) mass is 374 g/mol. The van der Waals surface area contributed by atoms with Crippen molar-refractivity contribution in [1.82, 2.24) is 0 Å². The number of Topliss-reactive ketones (excluding diaryl/α,β-unsaturated/α-hetero) is 1. The Morgan fingerprint density at radius 2 is 1.63 bits per heavy atom. The zero-order valence-corrected chi connectivity index (χ0v) is 15.2. The van der Waals surface area contributed by atoms with Crippen LogP contribution >= 0.6 is 0 Å². The molecule has 2 aromatic rings. The van der Waals surface area contributed by atoms with Crippen LogP contribution in [0, 0.1) is 5.82 Å². The van der Waals surface area contributed by atoms with Gasteiger partial charge in [-0.2, -0.15) is 0 Å². The van der Waals surface area contributed by atoms with Crippen molar-refractivity contribution in [2.45, 2.75) is 0 Å². The van der Waals surface area contributed by atoms with Gasteiger partial charge >= 0.3 is 5.97 Å². The van der Waals surface area contributed by atoms with Gasteiger partial charge in [-0.1, -0.05) is 12.1 Å². The predicted octanol–water partition coefficient (Wildman–Crippen LogP) is 3.29. The van der Waals surface area contributed by atoms with Gasteiger partial charge in [-0.05, 0) is 24.3 Å². The van der Waals surface area contributed by atoms with Gasteiger partial charge < -0.3 is 18.9 Å². The highest BCUT2D eigenvalue weighted by Gasteiger charge is 2.12. The third-order valence-corrected chi connectivity index (χ3v) is 3.63. The molecule has 0 saturated carbocycles. The number of methoxy groups -OCH3 is 3. The molecule has 0 N–H and O–H groups in total. The number of hydrogen-bond donors (Lipinski definition) is 0. The second-order valence-corrected chi connectivity index (χ2v) is 5.32. The number of halogens is 1. The second kappa shape index (κ2) is 9.38. The van der Waals surface area contributed by atoms with Crippen LogP contribution in [0.3, 0.4) is 0 Å². The van der Waals surface area contributed by atoms with Gasteiger partial charge in [-0.3, -0.25) is 4.79 Å². The number of carbonyl (C=O) groups excluding carboxylic acids is 2. The van der Waals surface area contributed by atoms with Crippen LogP contribution in [0.1, 0.15) is 15.9 Å². The van der Waals surface area contributed by atoms with Crippen molar-refractivity contribution in [1.29, 1.82) is 0 Å². The Hall–Kier alpha value is -3.35. The highest BCUT2D eigenvalue weighted by molar-refractivity contribution is 5.99. The summed E-state index contributed by atoms with van der Waals surface area (Å²) in [5.41, 5.74) is 0.692. The number of carbonyl (C=O) groups is 2. The van der Waals surface area contributed by atoms with E-state index in [4.69, 9.17) is 18.9 Å². The average molecular weight is 374 g/mol. The number of benzene rings is 2. The third kappa shape index (κ3) is 5.31. The molecule has 0 aliphatic carbocycles. The lowest BCUT2D eigenvalue weighted by molar-refractivity contribution is -0.136. The summed E-state index contributed by atoms with van der Waals surface area (Å²) in [6.07, 6.45) is 2.62. The van der Waals surface area contributed by atoms with E-state index in [0.717, 1.165) is 12.1 Å². The molecule has 2 rings (SSSR count). The van der Waals surface area contributed by atoms with Crippen LogP contribution in [0.15, 0.2) is 42.5 Å². The molecule has 0 heterocycles. The highest BCUT2D eigenvalue weighted by atomic mass is 19.1. The lowest BCUT2D eigenvalue weighted by atomic mass is 10.1. The first kappa shape index (κ1) is 20.0. The van der Waals surface area contributed by atoms with Gasteiger partial charge in [0.05, 0.1) is 21.3 Å². The van der Waals surface area contributed by atoms with Crippen LogP contribution in [0.2, 0.25) is 0 Å². The van der Waals surface area contributed by atoms with E-state index in [9.17, 15) is 14.0 Å². The molecule has 142 valence electrons. The molecule has 7 heteroatoms. The maximum absolute atomic E-state index is 13.1. The summed E-state index contributed by atoms with van der Waals surface area (Å²) >= 11 is 0. The van der Waals surface area contributed by atoms with Crippen LogP contribution in [0.5, 0.6) is 17.2 Å². The van der Waals surface area contributed by atoms with Gasteiger partial charge in [-0.15, -0.1) is 0 Å². The summed E-state index contributed by atoms with van der Waals surface area (Å²) in [5.74, 6) is -0.348. The van der Waals surface area contributed by atoms with Gasteiger partial charge in [0.2, 0.25) is 0 Å². The van der Waals surface area contributed by atoms with E-state index in [1.54, 1.807) is 12.1 Å². The van der Waals surface area contributed by atoms with Crippen molar-refractivity contribution in [2.75, 3.05) is 27.9 Å². The van der Waals surface area contributed by atoms with Crippen LogP contribution < -0.4 is 14.2 Å². The fourth-order valence-electron chi connectivity index (χ4n) is 2.27. The van der Waals surface area contributed by atoms with E-state index in [0.29, 0.717) is 22.8 Å². The molecule has 0 spiro atoms. The fraction of sp³-hybridized carbons (Fsp3) is 0.200. The van der Waals surface area contributed by atoms with Crippen molar-refractivity contribution in [3.8, 4) is 17.2 Å². The minimum Gasteiger partial charge on any atom is -0.496 e. The van der Waals surface area contributed by atoms with Gasteiger partial charge in [0, 0.05) is 23.3 Å². The van der Waals surface area contributed by atoms with Crippen molar-refractivity contribution >= 4 is 17.8 Å². The van der Waals surface area contributed by atoms with Crippen LogP contribution in [0.25, 0.3) is 6.08 Å². The number of ketones is 1. The molecule has 0 fully saturated rings. The van der Waals surface area contributed by atoms with Crippen molar-refractivity contribution in [3.05, 3.63) is 59.4 Å². The molecule has 0 radical (unpaired) electrons. The van der Waals surface area contributed by atoms with E-state index < -0.39 is 24.2 Å².